The first-order valence-electron chi connectivity index (χ1n) is 5.09. The van der Waals surface area contributed by atoms with Gasteiger partial charge in [-0.05, 0) is 0 Å². The fourth-order valence-corrected chi connectivity index (χ4v) is 7.66. The van der Waals surface area contributed by atoms with E-state index in [9.17, 15) is 20.4 Å². The zero-order valence-corrected chi connectivity index (χ0v) is 13.3. The third kappa shape index (κ3) is 2.80. The van der Waals surface area contributed by atoms with Gasteiger partial charge < -0.3 is 0 Å². The molecule has 19 heavy (non-hydrogen) atoms. The third-order valence-corrected chi connectivity index (χ3v) is 12.1. The predicted molar refractivity (Wildman–Crippen MR) is 76.3 cm³/mol. The summed E-state index contributed by atoms with van der Waals surface area (Å²) < 4.78 is 1.01. The Morgan fingerprint density at radius 3 is 1.32 bits per heavy atom. The average molecular weight is 417 g/mol. The summed E-state index contributed by atoms with van der Waals surface area (Å²) in [5.41, 5.74) is 0. The van der Waals surface area contributed by atoms with Crippen LogP contribution < -0.4 is 7.22 Å². The number of halogens is 2. The molecule has 0 spiro atoms. The minimum absolute atomic E-state index is 0.260. The first-order chi connectivity index (χ1) is 8.82. The number of hydrogen-bond donors (Lipinski definition) is 4. The van der Waals surface area contributed by atoms with Crippen LogP contribution in [0.5, 0.6) is 23.0 Å². The Hall–Kier alpha value is -0.990. The maximum atomic E-state index is 9.48. The molecule has 0 amide bonds. The Balaban J connectivity index is 2.51. The van der Waals surface area contributed by atoms with E-state index in [-0.39, 0.29) is 23.0 Å². The fraction of sp³-hybridized carbons (Fsp3) is 0. The minimum atomic E-state index is -3.76. The summed E-state index contributed by atoms with van der Waals surface area (Å²) in [5.74, 6) is -1.14. The molecule has 7 heteroatoms. The molecule has 0 heterocycles. The van der Waals surface area contributed by atoms with Crippen molar-refractivity contribution in [2.24, 2.45) is 0 Å². The quantitative estimate of drug-likeness (QED) is 0.442. The molecule has 0 saturated carbocycles. The van der Waals surface area contributed by atoms with Crippen molar-refractivity contribution in [1.29, 1.82) is 0 Å². The van der Waals surface area contributed by atoms with E-state index in [1.807, 2.05) is 0 Å². The molecule has 4 N–H and O–H groups in total. The number of rotatable bonds is 2. The van der Waals surface area contributed by atoms with E-state index in [1.165, 1.54) is 36.4 Å². The summed E-state index contributed by atoms with van der Waals surface area (Å²) in [5, 5.41) is 37.5. The van der Waals surface area contributed by atoms with Crippen LogP contribution in [0.3, 0.4) is 0 Å². The topological polar surface area (TPSA) is 80.9 Å². The van der Waals surface area contributed by atoms with Crippen LogP contribution >= 0.6 is 17.9 Å². The fourth-order valence-electron chi connectivity index (χ4n) is 1.46. The first kappa shape index (κ1) is 14.4. The van der Waals surface area contributed by atoms with E-state index in [0.717, 1.165) is 0 Å². The summed E-state index contributed by atoms with van der Waals surface area (Å²) in [6.07, 6.45) is 0. The summed E-state index contributed by atoms with van der Waals surface area (Å²) in [6, 6.07) is 8.27. The molecule has 0 aliphatic rings. The Kier molecular flexibility index (Phi) is 3.93. The molecule has 0 radical (unpaired) electrons. The van der Waals surface area contributed by atoms with Crippen molar-refractivity contribution in [2.75, 3.05) is 0 Å². The standard InChI is InChI=1S/C12H10Cl2O4Te/c13-19(14,7-1-3-9(15)11(17)5-7)8-2-4-10(16)12(18)6-8/h1-6,15-18H. The number of hydrogen-bond acceptors (Lipinski definition) is 4. The van der Waals surface area contributed by atoms with Crippen LogP contribution in [0.4, 0.5) is 0 Å². The van der Waals surface area contributed by atoms with Crippen molar-refractivity contribution >= 4 is 41.1 Å². The van der Waals surface area contributed by atoms with Crippen LogP contribution in [0.2, 0.25) is 0 Å². The molecular weight excluding hydrogens is 407 g/mol. The Labute approximate surface area is 120 Å². The molecule has 0 aliphatic carbocycles. The maximum absolute atomic E-state index is 9.48. The van der Waals surface area contributed by atoms with Gasteiger partial charge in [-0.3, -0.25) is 0 Å². The van der Waals surface area contributed by atoms with Gasteiger partial charge in [-0.2, -0.15) is 0 Å². The third-order valence-electron chi connectivity index (χ3n) is 2.49. The Bertz CT molecular complexity index is 578. The number of phenolic OH excluding ortho intramolecular Hbond substituents is 4. The van der Waals surface area contributed by atoms with Crippen molar-refractivity contribution in [2.45, 2.75) is 0 Å². The molecule has 0 unspecified atom stereocenters. The van der Waals surface area contributed by atoms with Crippen molar-refractivity contribution < 1.29 is 20.4 Å². The van der Waals surface area contributed by atoms with Gasteiger partial charge in [-0.25, -0.2) is 0 Å². The van der Waals surface area contributed by atoms with Gasteiger partial charge in [0.05, 0.1) is 0 Å². The molecule has 2 aromatic rings. The first-order valence-corrected chi connectivity index (χ1v) is 13.3. The predicted octanol–water partition coefficient (Wildman–Crippen LogP) is 1.54. The van der Waals surface area contributed by atoms with Gasteiger partial charge in [0.15, 0.2) is 0 Å². The summed E-state index contributed by atoms with van der Waals surface area (Å²) in [4.78, 5) is 0. The van der Waals surface area contributed by atoms with Crippen molar-refractivity contribution in [3.63, 3.8) is 0 Å². The molecular formula is C12H10Cl2O4Te. The van der Waals surface area contributed by atoms with E-state index in [4.69, 9.17) is 17.9 Å². The van der Waals surface area contributed by atoms with E-state index < -0.39 is 15.9 Å². The number of benzene rings is 2. The van der Waals surface area contributed by atoms with Gasteiger partial charge >= 0.3 is 121 Å². The van der Waals surface area contributed by atoms with E-state index >= 15 is 0 Å². The van der Waals surface area contributed by atoms with Gasteiger partial charge in [-0.15, -0.1) is 0 Å². The van der Waals surface area contributed by atoms with Crippen LogP contribution in [0.15, 0.2) is 36.4 Å². The monoisotopic (exact) mass is 418 g/mol. The molecule has 0 fully saturated rings. The number of phenols is 4. The Morgan fingerprint density at radius 1 is 0.632 bits per heavy atom. The second-order valence-electron chi connectivity index (χ2n) is 3.77. The summed E-state index contributed by atoms with van der Waals surface area (Å²) >= 11 is -3.76. The van der Waals surface area contributed by atoms with Crippen LogP contribution in [0.1, 0.15) is 0 Å². The summed E-state index contributed by atoms with van der Waals surface area (Å²) in [6.45, 7) is 0. The van der Waals surface area contributed by atoms with E-state index in [2.05, 4.69) is 0 Å². The molecule has 0 aliphatic heterocycles. The van der Waals surface area contributed by atoms with Crippen LogP contribution in [-0.2, 0) is 0 Å². The summed E-state index contributed by atoms with van der Waals surface area (Å²) in [7, 11) is 12.8. The SMILES string of the molecule is Oc1ccc([Te](Cl)(Cl)c2ccc(O)c(O)c2)cc1O. The second-order valence-corrected chi connectivity index (χ2v) is 16.4. The van der Waals surface area contributed by atoms with Crippen LogP contribution in [-0.4, -0.2) is 36.4 Å². The normalized spacial score (nSPS) is 12.3. The number of aromatic hydroxyl groups is 4. The molecule has 102 valence electrons. The zero-order valence-electron chi connectivity index (χ0n) is 9.42. The molecule has 4 nitrogen and oxygen atoms in total. The molecule has 0 aromatic heterocycles. The molecule has 2 aromatic carbocycles. The van der Waals surface area contributed by atoms with Gasteiger partial charge in [0.1, 0.15) is 0 Å². The van der Waals surface area contributed by atoms with Crippen molar-refractivity contribution in [3.8, 4) is 23.0 Å². The van der Waals surface area contributed by atoms with Crippen molar-refractivity contribution in [1.82, 2.24) is 0 Å². The zero-order chi connectivity index (χ0) is 14.2. The molecule has 0 bridgehead atoms. The Morgan fingerprint density at radius 2 is 1.00 bits per heavy atom. The van der Waals surface area contributed by atoms with Gasteiger partial charge in [0.25, 0.3) is 0 Å². The molecule has 0 saturated heterocycles. The van der Waals surface area contributed by atoms with Gasteiger partial charge in [-0.1, -0.05) is 0 Å². The van der Waals surface area contributed by atoms with Gasteiger partial charge in [0.2, 0.25) is 0 Å². The molecule has 0 atom stereocenters. The van der Waals surface area contributed by atoms with Gasteiger partial charge in [0, 0.05) is 0 Å². The second kappa shape index (κ2) is 5.18. The van der Waals surface area contributed by atoms with Crippen LogP contribution in [0, 0.1) is 0 Å². The average Bonchev–Trinajstić information content (AvgIpc) is 2.35. The van der Waals surface area contributed by atoms with E-state index in [1.54, 1.807) is 0 Å². The van der Waals surface area contributed by atoms with Crippen molar-refractivity contribution in [3.05, 3.63) is 36.4 Å². The van der Waals surface area contributed by atoms with E-state index in [0.29, 0.717) is 7.22 Å². The van der Waals surface area contributed by atoms with Crippen LogP contribution in [0.25, 0.3) is 0 Å². The molecule has 2 rings (SSSR count).